The highest BCUT2D eigenvalue weighted by Gasteiger charge is 2.25. The molecule has 1 aliphatic rings. The molecule has 15 heavy (non-hydrogen) atoms. The summed E-state index contributed by atoms with van der Waals surface area (Å²) in [6, 6.07) is 2.37. The fourth-order valence-electron chi connectivity index (χ4n) is 1.90. The Labute approximate surface area is 92.3 Å². The van der Waals surface area contributed by atoms with E-state index in [-0.39, 0.29) is 17.7 Å². The maximum absolute atomic E-state index is 13.6. The summed E-state index contributed by atoms with van der Waals surface area (Å²) in [5.74, 6) is 0.793. The molecule has 1 unspecified atom stereocenters. The minimum atomic E-state index is -0.294. The standard InChI is InChI=1S/C11H13F2NS/c1-2-14-10-6-15-5-7-8(12)3-4-9(13)11(7)10/h3-4,10,14H,2,5-6H2,1H3. The molecule has 0 fully saturated rings. The van der Waals surface area contributed by atoms with E-state index in [9.17, 15) is 8.78 Å². The first-order valence-corrected chi connectivity index (χ1v) is 6.17. The zero-order valence-electron chi connectivity index (χ0n) is 8.52. The number of halogens is 2. The fourth-order valence-corrected chi connectivity index (χ4v) is 3.04. The number of hydrogen-bond donors (Lipinski definition) is 1. The first-order chi connectivity index (χ1) is 7.24. The molecule has 1 nitrogen and oxygen atoms in total. The van der Waals surface area contributed by atoms with Gasteiger partial charge in [-0.25, -0.2) is 8.78 Å². The van der Waals surface area contributed by atoms with E-state index >= 15 is 0 Å². The lowest BCUT2D eigenvalue weighted by molar-refractivity contribution is 0.521. The van der Waals surface area contributed by atoms with Crippen molar-refractivity contribution in [3.05, 3.63) is 34.9 Å². The summed E-state index contributed by atoms with van der Waals surface area (Å²) in [5.41, 5.74) is 1.05. The average molecular weight is 229 g/mol. The molecule has 1 aromatic carbocycles. The maximum Gasteiger partial charge on any atom is 0.128 e. The SMILES string of the molecule is CCNC1CSCc2c(F)ccc(F)c21. The molecular formula is C11H13F2NS. The fraction of sp³-hybridized carbons (Fsp3) is 0.455. The van der Waals surface area contributed by atoms with Crippen LogP contribution in [-0.2, 0) is 5.75 Å². The molecule has 4 heteroatoms. The molecule has 0 bridgehead atoms. The van der Waals surface area contributed by atoms with E-state index in [1.807, 2.05) is 6.92 Å². The van der Waals surface area contributed by atoms with Gasteiger partial charge in [0.2, 0.25) is 0 Å². The molecular weight excluding hydrogens is 216 g/mol. The Morgan fingerprint density at radius 3 is 2.87 bits per heavy atom. The van der Waals surface area contributed by atoms with Gasteiger partial charge in [0.05, 0.1) is 0 Å². The summed E-state index contributed by atoms with van der Waals surface area (Å²) >= 11 is 1.64. The Bertz CT molecular complexity index is 368. The van der Waals surface area contributed by atoms with Gasteiger partial charge >= 0.3 is 0 Å². The van der Waals surface area contributed by atoms with E-state index in [1.54, 1.807) is 11.8 Å². The van der Waals surface area contributed by atoms with Crippen molar-refractivity contribution in [1.29, 1.82) is 0 Å². The number of thioether (sulfide) groups is 1. The molecule has 1 aliphatic heterocycles. The van der Waals surface area contributed by atoms with Gasteiger partial charge in [0.1, 0.15) is 11.6 Å². The third-order valence-electron chi connectivity index (χ3n) is 2.58. The van der Waals surface area contributed by atoms with Gasteiger partial charge in [-0.1, -0.05) is 6.92 Å². The number of fused-ring (bicyclic) bond motifs is 1. The normalized spacial score (nSPS) is 20.1. The van der Waals surface area contributed by atoms with Crippen molar-refractivity contribution in [3.63, 3.8) is 0 Å². The van der Waals surface area contributed by atoms with E-state index in [2.05, 4.69) is 5.32 Å². The van der Waals surface area contributed by atoms with Crippen molar-refractivity contribution in [2.45, 2.75) is 18.7 Å². The number of benzene rings is 1. The van der Waals surface area contributed by atoms with Crippen molar-refractivity contribution in [3.8, 4) is 0 Å². The van der Waals surface area contributed by atoms with Gasteiger partial charge in [0.15, 0.2) is 0 Å². The summed E-state index contributed by atoms with van der Waals surface area (Å²) < 4.78 is 27.1. The molecule has 0 radical (unpaired) electrons. The average Bonchev–Trinajstić information content (AvgIpc) is 2.24. The Morgan fingerprint density at radius 2 is 2.13 bits per heavy atom. The van der Waals surface area contributed by atoms with Gasteiger partial charge in [-0.2, -0.15) is 11.8 Å². The monoisotopic (exact) mass is 229 g/mol. The second kappa shape index (κ2) is 4.49. The van der Waals surface area contributed by atoms with E-state index < -0.39 is 0 Å². The largest absolute Gasteiger partial charge is 0.309 e. The van der Waals surface area contributed by atoms with Crippen LogP contribution in [0.2, 0.25) is 0 Å². The third kappa shape index (κ3) is 2.01. The second-order valence-electron chi connectivity index (χ2n) is 3.55. The summed E-state index contributed by atoms with van der Waals surface area (Å²) in [6.45, 7) is 2.73. The third-order valence-corrected chi connectivity index (χ3v) is 3.64. The Morgan fingerprint density at radius 1 is 1.40 bits per heavy atom. The molecule has 0 aromatic heterocycles. The lowest BCUT2D eigenvalue weighted by Crippen LogP contribution is -2.28. The highest BCUT2D eigenvalue weighted by molar-refractivity contribution is 7.98. The lowest BCUT2D eigenvalue weighted by atomic mass is 10.0. The predicted molar refractivity (Wildman–Crippen MR) is 58.9 cm³/mol. The van der Waals surface area contributed by atoms with Crippen molar-refractivity contribution in [1.82, 2.24) is 5.32 Å². The van der Waals surface area contributed by atoms with E-state index in [0.717, 1.165) is 12.3 Å². The van der Waals surface area contributed by atoms with Crippen LogP contribution in [0.25, 0.3) is 0 Å². The van der Waals surface area contributed by atoms with Crippen LogP contribution in [0.15, 0.2) is 12.1 Å². The Kier molecular flexibility index (Phi) is 3.26. The molecule has 0 saturated carbocycles. The van der Waals surface area contributed by atoms with Crippen LogP contribution >= 0.6 is 11.8 Å². The summed E-state index contributed by atoms with van der Waals surface area (Å²) in [5, 5.41) is 3.18. The van der Waals surface area contributed by atoms with Crippen LogP contribution in [0.3, 0.4) is 0 Å². The van der Waals surface area contributed by atoms with Gasteiger partial charge in [0, 0.05) is 28.7 Å². The minimum absolute atomic E-state index is 0.0561. The maximum atomic E-state index is 13.6. The first-order valence-electron chi connectivity index (χ1n) is 5.02. The number of hydrogen-bond acceptors (Lipinski definition) is 2. The quantitative estimate of drug-likeness (QED) is 0.837. The van der Waals surface area contributed by atoms with Gasteiger partial charge in [-0.05, 0) is 18.7 Å². The van der Waals surface area contributed by atoms with Crippen LogP contribution in [-0.4, -0.2) is 12.3 Å². The van der Waals surface area contributed by atoms with Crippen molar-refractivity contribution in [2.75, 3.05) is 12.3 Å². The highest BCUT2D eigenvalue weighted by Crippen LogP contribution is 2.34. The van der Waals surface area contributed by atoms with E-state index in [0.29, 0.717) is 16.9 Å². The molecule has 0 saturated heterocycles. The predicted octanol–water partition coefficient (Wildman–Crippen LogP) is 2.86. The molecule has 1 aromatic rings. The lowest BCUT2D eigenvalue weighted by Gasteiger charge is -2.26. The van der Waals surface area contributed by atoms with Gasteiger partial charge in [-0.15, -0.1) is 0 Å². The van der Waals surface area contributed by atoms with Crippen LogP contribution in [0.4, 0.5) is 8.78 Å². The van der Waals surface area contributed by atoms with Crippen LogP contribution in [0.5, 0.6) is 0 Å². The number of nitrogens with one attached hydrogen (secondary N) is 1. The Balaban J connectivity index is 2.45. The molecule has 0 spiro atoms. The number of rotatable bonds is 2. The van der Waals surface area contributed by atoms with E-state index in [4.69, 9.17) is 0 Å². The molecule has 1 N–H and O–H groups in total. The van der Waals surface area contributed by atoms with Crippen molar-refractivity contribution < 1.29 is 8.78 Å². The molecule has 2 rings (SSSR count). The van der Waals surface area contributed by atoms with Gasteiger partial charge in [-0.3, -0.25) is 0 Å². The van der Waals surface area contributed by atoms with Crippen molar-refractivity contribution >= 4 is 11.8 Å². The summed E-state index contributed by atoms with van der Waals surface area (Å²) in [4.78, 5) is 0. The molecule has 1 atom stereocenters. The Hall–Kier alpha value is -0.610. The zero-order valence-corrected chi connectivity index (χ0v) is 9.33. The van der Waals surface area contributed by atoms with Gasteiger partial charge in [0.25, 0.3) is 0 Å². The zero-order chi connectivity index (χ0) is 10.8. The van der Waals surface area contributed by atoms with Crippen LogP contribution < -0.4 is 5.32 Å². The topological polar surface area (TPSA) is 12.0 Å². The van der Waals surface area contributed by atoms with Crippen LogP contribution in [0, 0.1) is 11.6 Å². The highest BCUT2D eigenvalue weighted by atomic mass is 32.2. The smallest absolute Gasteiger partial charge is 0.128 e. The molecule has 0 amide bonds. The molecule has 82 valence electrons. The molecule has 1 heterocycles. The summed E-state index contributed by atoms with van der Waals surface area (Å²) in [7, 11) is 0. The van der Waals surface area contributed by atoms with Crippen molar-refractivity contribution in [2.24, 2.45) is 0 Å². The summed E-state index contributed by atoms with van der Waals surface area (Å²) in [6.07, 6.45) is 0. The molecule has 0 aliphatic carbocycles. The second-order valence-corrected chi connectivity index (χ2v) is 4.58. The van der Waals surface area contributed by atoms with E-state index in [1.165, 1.54) is 12.1 Å². The van der Waals surface area contributed by atoms with Crippen LogP contribution in [0.1, 0.15) is 24.1 Å². The van der Waals surface area contributed by atoms with Gasteiger partial charge < -0.3 is 5.32 Å². The first kappa shape index (κ1) is 10.9. The minimum Gasteiger partial charge on any atom is -0.309 e.